The average Bonchev–Trinajstić information content (AvgIpc) is 2.46. The van der Waals surface area contributed by atoms with Crippen molar-refractivity contribution in [2.45, 2.75) is 19.4 Å². The first-order valence-corrected chi connectivity index (χ1v) is 6.58. The fourth-order valence-corrected chi connectivity index (χ4v) is 2.01. The molecule has 0 aliphatic rings. The fourth-order valence-electron chi connectivity index (χ4n) is 2.01. The first-order chi connectivity index (χ1) is 9.45. The minimum Gasteiger partial charge on any atom is -0.469 e. The number of likely N-dealkylation sites (N-methyl/N-ethyl adjacent to an activating group) is 1. The van der Waals surface area contributed by atoms with Gasteiger partial charge in [0.2, 0.25) is 5.91 Å². The topological polar surface area (TPSA) is 72.6 Å². The van der Waals surface area contributed by atoms with Gasteiger partial charge in [0.25, 0.3) is 0 Å². The lowest BCUT2D eigenvalue weighted by Crippen LogP contribution is -2.45. The molecule has 0 fully saturated rings. The smallest absolute Gasteiger partial charge is 0.310 e. The first kappa shape index (κ1) is 16.2. The summed E-state index contributed by atoms with van der Waals surface area (Å²) < 4.78 is 4.64. The number of ether oxygens (including phenoxy) is 1. The van der Waals surface area contributed by atoms with E-state index < -0.39 is 6.04 Å². The van der Waals surface area contributed by atoms with Gasteiger partial charge in [-0.15, -0.1) is 0 Å². The van der Waals surface area contributed by atoms with E-state index in [2.05, 4.69) is 4.74 Å². The highest BCUT2D eigenvalue weighted by Gasteiger charge is 2.22. The maximum absolute atomic E-state index is 12.1. The molecule has 2 atom stereocenters. The molecule has 1 aromatic rings. The van der Waals surface area contributed by atoms with Crippen LogP contribution >= 0.6 is 0 Å². The van der Waals surface area contributed by atoms with E-state index in [1.54, 1.807) is 14.0 Å². The molecule has 0 aliphatic carbocycles. The first-order valence-electron chi connectivity index (χ1n) is 6.58. The van der Waals surface area contributed by atoms with Crippen LogP contribution in [-0.4, -0.2) is 43.5 Å². The summed E-state index contributed by atoms with van der Waals surface area (Å²) in [6.07, 6.45) is 0.483. The van der Waals surface area contributed by atoms with Crippen molar-refractivity contribution in [1.82, 2.24) is 4.90 Å². The van der Waals surface area contributed by atoms with Gasteiger partial charge in [-0.2, -0.15) is 0 Å². The highest BCUT2D eigenvalue weighted by Crippen LogP contribution is 2.06. The van der Waals surface area contributed by atoms with Crippen LogP contribution in [0.1, 0.15) is 12.5 Å². The van der Waals surface area contributed by atoms with Crippen LogP contribution in [0.2, 0.25) is 0 Å². The number of benzene rings is 1. The van der Waals surface area contributed by atoms with E-state index in [1.165, 1.54) is 12.0 Å². The Morgan fingerprint density at radius 2 is 1.90 bits per heavy atom. The van der Waals surface area contributed by atoms with Crippen molar-refractivity contribution in [2.24, 2.45) is 11.7 Å². The van der Waals surface area contributed by atoms with E-state index in [9.17, 15) is 9.59 Å². The van der Waals surface area contributed by atoms with Crippen molar-refractivity contribution < 1.29 is 14.3 Å². The molecule has 0 saturated carbocycles. The van der Waals surface area contributed by atoms with E-state index in [1.807, 2.05) is 30.3 Å². The summed E-state index contributed by atoms with van der Waals surface area (Å²) in [5.41, 5.74) is 6.94. The van der Waals surface area contributed by atoms with Gasteiger partial charge in [-0.3, -0.25) is 9.59 Å². The number of rotatable bonds is 6. The van der Waals surface area contributed by atoms with Gasteiger partial charge in [0.15, 0.2) is 0 Å². The number of carbonyl (C=O) groups is 2. The van der Waals surface area contributed by atoms with Crippen LogP contribution in [-0.2, 0) is 20.7 Å². The van der Waals surface area contributed by atoms with E-state index in [4.69, 9.17) is 5.73 Å². The number of amides is 1. The molecular weight excluding hydrogens is 256 g/mol. The van der Waals surface area contributed by atoms with Crippen molar-refractivity contribution in [3.8, 4) is 0 Å². The molecule has 5 heteroatoms. The summed E-state index contributed by atoms with van der Waals surface area (Å²) >= 11 is 0. The normalized spacial score (nSPS) is 13.4. The van der Waals surface area contributed by atoms with E-state index >= 15 is 0 Å². The number of esters is 1. The second kappa shape index (κ2) is 7.65. The van der Waals surface area contributed by atoms with Crippen molar-refractivity contribution in [2.75, 3.05) is 20.7 Å². The highest BCUT2D eigenvalue weighted by atomic mass is 16.5. The molecule has 1 amide bonds. The van der Waals surface area contributed by atoms with Gasteiger partial charge in [0, 0.05) is 13.6 Å². The van der Waals surface area contributed by atoms with Gasteiger partial charge in [-0.1, -0.05) is 37.3 Å². The molecule has 20 heavy (non-hydrogen) atoms. The lowest BCUT2D eigenvalue weighted by molar-refractivity contribution is -0.146. The number of nitrogens with zero attached hydrogens (tertiary/aromatic N) is 1. The van der Waals surface area contributed by atoms with Gasteiger partial charge in [-0.05, 0) is 12.0 Å². The molecule has 5 nitrogen and oxygen atoms in total. The van der Waals surface area contributed by atoms with Crippen molar-refractivity contribution in [1.29, 1.82) is 0 Å². The zero-order valence-electron chi connectivity index (χ0n) is 12.2. The van der Waals surface area contributed by atoms with E-state index in [0.29, 0.717) is 13.0 Å². The molecule has 1 unspecified atom stereocenters. The van der Waals surface area contributed by atoms with Crippen LogP contribution in [0.3, 0.4) is 0 Å². The Bertz CT molecular complexity index is 448. The summed E-state index contributed by atoms with van der Waals surface area (Å²) in [6.45, 7) is 2.02. The Morgan fingerprint density at radius 3 is 2.45 bits per heavy atom. The van der Waals surface area contributed by atoms with Crippen LogP contribution in [0.25, 0.3) is 0 Å². The average molecular weight is 278 g/mol. The third kappa shape index (κ3) is 4.66. The SMILES string of the molecule is COC(=O)C(C)CN(C)C(=O)[C@H](N)Cc1ccccc1. The minimum atomic E-state index is -0.604. The number of methoxy groups -OCH3 is 1. The van der Waals surface area contributed by atoms with Crippen LogP contribution in [0.15, 0.2) is 30.3 Å². The summed E-state index contributed by atoms with van der Waals surface area (Å²) in [5, 5.41) is 0. The Morgan fingerprint density at radius 1 is 1.30 bits per heavy atom. The third-order valence-electron chi connectivity index (χ3n) is 3.14. The molecule has 1 aromatic carbocycles. The lowest BCUT2D eigenvalue weighted by atomic mass is 10.1. The maximum Gasteiger partial charge on any atom is 0.310 e. The predicted molar refractivity (Wildman–Crippen MR) is 76.9 cm³/mol. The summed E-state index contributed by atoms with van der Waals surface area (Å²) in [6, 6.07) is 9.01. The summed E-state index contributed by atoms with van der Waals surface area (Å²) in [7, 11) is 2.98. The highest BCUT2D eigenvalue weighted by molar-refractivity contribution is 5.82. The fraction of sp³-hybridized carbons (Fsp3) is 0.467. The van der Waals surface area contributed by atoms with Crippen molar-refractivity contribution in [3.63, 3.8) is 0 Å². The molecule has 0 saturated heterocycles. The van der Waals surface area contributed by atoms with Gasteiger partial charge >= 0.3 is 5.97 Å². The molecule has 2 N–H and O–H groups in total. The molecule has 0 aromatic heterocycles. The van der Waals surface area contributed by atoms with E-state index in [-0.39, 0.29) is 17.8 Å². The van der Waals surface area contributed by atoms with Gasteiger partial charge < -0.3 is 15.4 Å². The summed E-state index contributed by atoms with van der Waals surface area (Å²) in [4.78, 5) is 25.0. The molecule has 0 bridgehead atoms. The van der Waals surface area contributed by atoms with Gasteiger partial charge in [0.05, 0.1) is 19.1 Å². The third-order valence-corrected chi connectivity index (χ3v) is 3.14. The van der Waals surface area contributed by atoms with Crippen LogP contribution in [0, 0.1) is 5.92 Å². The number of hydrogen-bond donors (Lipinski definition) is 1. The minimum absolute atomic E-state index is 0.176. The standard InChI is InChI=1S/C15H22N2O3/c1-11(15(19)20-3)10-17(2)14(18)13(16)9-12-7-5-4-6-8-12/h4-8,11,13H,9-10,16H2,1-3H3/t11?,13-/m1/s1. The molecule has 0 heterocycles. The number of carbonyl (C=O) groups excluding carboxylic acids is 2. The van der Waals surface area contributed by atoms with Crippen molar-refractivity contribution in [3.05, 3.63) is 35.9 Å². The Labute approximate surface area is 119 Å². The Hall–Kier alpha value is -1.88. The molecular formula is C15H22N2O3. The Kier molecular flexibility index (Phi) is 6.18. The molecule has 0 spiro atoms. The molecule has 1 rings (SSSR count). The largest absolute Gasteiger partial charge is 0.469 e. The summed E-state index contributed by atoms with van der Waals surface area (Å²) in [5.74, 6) is -0.872. The second-order valence-electron chi connectivity index (χ2n) is 4.94. The monoisotopic (exact) mass is 278 g/mol. The maximum atomic E-state index is 12.1. The lowest BCUT2D eigenvalue weighted by Gasteiger charge is -2.23. The van der Waals surface area contributed by atoms with Crippen LogP contribution in [0.5, 0.6) is 0 Å². The molecule has 0 radical (unpaired) electrons. The van der Waals surface area contributed by atoms with E-state index in [0.717, 1.165) is 5.56 Å². The van der Waals surface area contributed by atoms with Crippen molar-refractivity contribution >= 4 is 11.9 Å². The Balaban J connectivity index is 2.53. The number of nitrogens with two attached hydrogens (primary N) is 1. The van der Waals surface area contributed by atoms with Crippen LogP contribution < -0.4 is 5.73 Å². The zero-order valence-corrected chi connectivity index (χ0v) is 12.2. The predicted octanol–water partition coefficient (Wildman–Crippen LogP) is 0.824. The number of hydrogen-bond acceptors (Lipinski definition) is 4. The van der Waals surface area contributed by atoms with Gasteiger partial charge in [-0.25, -0.2) is 0 Å². The van der Waals surface area contributed by atoms with Gasteiger partial charge in [0.1, 0.15) is 0 Å². The molecule has 0 aliphatic heterocycles. The quantitative estimate of drug-likeness (QED) is 0.782. The van der Waals surface area contributed by atoms with Crippen LogP contribution in [0.4, 0.5) is 0 Å². The molecule has 110 valence electrons. The zero-order chi connectivity index (χ0) is 15.1. The second-order valence-corrected chi connectivity index (χ2v) is 4.94.